The van der Waals surface area contributed by atoms with E-state index in [-0.39, 0.29) is 5.03 Å². The quantitative estimate of drug-likeness (QED) is 0.883. The van der Waals surface area contributed by atoms with Crippen molar-refractivity contribution in [1.82, 2.24) is 13.9 Å². The van der Waals surface area contributed by atoms with Crippen molar-refractivity contribution in [2.75, 3.05) is 13.1 Å². The number of alkyl halides is 2. The summed E-state index contributed by atoms with van der Waals surface area (Å²) >= 11 is 0. The second kappa shape index (κ2) is 5.58. The third kappa shape index (κ3) is 2.84. The maximum atomic E-state index is 13.6. The Balaban J connectivity index is 2.32. The molecule has 0 amide bonds. The van der Waals surface area contributed by atoms with Crippen LogP contribution in [0.25, 0.3) is 0 Å². The van der Waals surface area contributed by atoms with Crippen molar-refractivity contribution in [3.8, 4) is 0 Å². The molecule has 1 aromatic rings. The van der Waals surface area contributed by atoms with Gasteiger partial charge in [-0.25, -0.2) is 22.2 Å². The van der Waals surface area contributed by atoms with E-state index in [1.54, 1.807) is 11.5 Å². The molecule has 0 radical (unpaired) electrons. The Kier molecular flexibility index (Phi) is 4.26. The highest BCUT2D eigenvalue weighted by Gasteiger charge is 2.51. The molecule has 7 nitrogen and oxygen atoms in total. The van der Waals surface area contributed by atoms with Gasteiger partial charge in [0.25, 0.3) is 15.9 Å². The molecule has 124 valence electrons. The molecule has 2 rings (SSSR count). The van der Waals surface area contributed by atoms with Gasteiger partial charge in [0.05, 0.1) is 0 Å². The fraction of sp³-hybridized carbons (Fsp3) is 0.667. The highest BCUT2D eigenvalue weighted by molar-refractivity contribution is 7.89. The second-order valence-corrected chi connectivity index (χ2v) is 7.06. The fourth-order valence-corrected chi connectivity index (χ4v) is 3.86. The topological polar surface area (TPSA) is 92.5 Å². The number of sulfonamides is 1. The van der Waals surface area contributed by atoms with Crippen LogP contribution in [0.15, 0.2) is 11.2 Å². The van der Waals surface area contributed by atoms with Crippen LogP contribution >= 0.6 is 0 Å². The van der Waals surface area contributed by atoms with Gasteiger partial charge < -0.3 is 9.67 Å². The van der Waals surface area contributed by atoms with Gasteiger partial charge in [0.1, 0.15) is 11.7 Å². The standard InChI is InChI=1S/C12H17F2N3O4S/c1-3-16-7-10(15-8(16)2)22(20,21)17-5-4-12(13,14)9(6-17)11(18)19/h7,9H,3-6H2,1-2H3,(H,18,19). The fourth-order valence-electron chi connectivity index (χ4n) is 2.41. The lowest BCUT2D eigenvalue weighted by molar-refractivity contribution is -0.163. The molecule has 0 aromatic carbocycles. The number of nitrogens with zero attached hydrogens (tertiary/aromatic N) is 3. The van der Waals surface area contributed by atoms with E-state index in [1.807, 2.05) is 6.92 Å². The molecule has 1 saturated heterocycles. The average Bonchev–Trinajstić information content (AvgIpc) is 2.79. The van der Waals surface area contributed by atoms with Gasteiger partial charge in [0.2, 0.25) is 0 Å². The lowest BCUT2D eigenvalue weighted by atomic mass is 9.95. The van der Waals surface area contributed by atoms with Crippen LogP contribution in [0, 0.1) is 12.8 Å². The molecular formula is C12H17F2N3O4S. The molecule has 1 unspecified atom stereocenters. The smallest absolute Gasteiger partial charge is 0.313 e. The van der Waals surface area contributed by atoms with Crippen LogP contribution in [-0.4, -0.2) is 52.4 Å². The van der Waals surface area contributed by atoms with Crippen molar-refractivity contribution in [1.29, 1.82) is 0 Å². The second-order valence-electron chi connectivity index (χ2n) is 5.18. The Morgan fingerprint density at radius 1 is 1.55 bits per heavy atom. The van der Waals surface area contributed by atoms with E-state index in [0.717, 1.165) is 4.31 Å². The first kappa shape index (κ1) is 16.8. The maximum absolute atomic E-state index is 13.6. The van der Waals surface area contributed by atoms with Gasteiger partial charge in [0, 0.05) is 32.3 Å². The molecule has 1 N–H and O–H groups in total. The summed E-state index contributed by atoms with van der Waals surface area (Å²) in [6.45, 7) is 2.77. The van der Waals surface area contributed by atoms with Crippen LogP contribution in [0.4, 0.5) is 8.78 Å². The minimum Gasteiger partial charge on any atom is -0.481 e. The van der Waals surface area contributed by atoms with E-state index in [9.17, 15) is 22.0 Å². The van der Waals surface area contributed by atoms with Crippen LogP contribution in [0.1, 0.15) is 19.2 Å². The summed E-state index contributed by atoms with van der Waals surface area (Å²) in [5, 5.41) is 8.64. The molecule has 1 fully saturated rings. The lowest BCUT2D eigenvalue weighted by Crippen LogP contribution is -2.52. The van der Waals surface area contributed by atoms with Crippen molar-refractivity contribution in [2.24, 2.45) is 5.92 Å². The van der Waals surface area contributed by atoms with Crippen molar-refractivity contribution < 1.29 is 27.1 Å². The SMILES string of the molecule is CCn1cc(S(=O)(=O)N2CCC(F)(F)C(C(=O)O)C2)nc1C. The summed E-state index contributed by atoms with van der Waals surface area (Å²) in [7, 11) is -4.09. The van der Waals surface area contributed by atoms with Gasteiger partial charge in [-0.2, -0.15) is 4.31 Å². The molecule has 2 heterocycles. The minimum atomic E-state index is -4.09. The Morgan fingerprint density at radius 2 is 2.18 bits per heavy atom. The number of carbonyl (C=O) groups is 1. The molecule has 0 spiro atoms. The number of carboxylic acid groups (broad SMARTS) is 1. The van der Waals surface area contributed by atoms with Crippen LogP contribution in [0.2, 0.25) is 0 Å². The Hall–Kier alpha value is -1.55. The number of carboxylic acids is 1. The average molecular weight is 337 g/mol. The predicted octanol–water partition coefficient (Wildman–Crippen LogP) is 0.942. The number of aromatic nitrogens is 2. The zero-order valence-corrected chi connectivity index (χ0v) is 13.0. The number of aryl methyl sites for hydroxylation is 2. The summed E-state index contributed by atoms with van der Waals surface area (Å²) in [5.74, 6) is -6.69. The summed E-state index contributed by atoms with van der Waals surface area (Å²) in [6.07, 6.45) is 0.504. The van der Waals surface area contributed by atoms with Crippen LogP contribution in [0.3, 0.4) is 0 Å². The van der Waals surface area contributed by atoms with Crippen LogP contribution in [0.5, 0.6) is 0 Å². The molecule has 1 atom stereocenters. The first-order valence-corrected chi connectivity index (χ1v) is 8.18. The van der Waals surface area contributed by atoms with Gasteiger partial charge in [-0.05, 0) is 13.8 Å². The molecule has 0 bridgehead atoms. The normalized spacial score (nSPS) is 22.6. The monoisotopic (exact) mass is 337 g/mol. The molecule has 0 aliphatic carbocycles. The Labute approximate surface area is 126 Å². The third-order valence-corrected chi connectivity index (χ3v) is 5.52. The number of imidazole rings is 1. The lowest BCUT2D eigenvalue weighted by Gasteiger charge is -2.34. The van der Waals surface area contributed by atoms with Gasteiger partial charge in [-0.1, -0.05) is 0 Å². The zero-order valence-electron chi connectivity index (χ0n) is 12.2. The number of piperidine rings is 1. The van der Waals surface area contributed by atoms with E-state index in [0.29, 0.717) is 12.4 Å². The Bertz CT molecular complexity index is 687. The van der Waals surface area contributed by atoms with E-state index in [2.05, 4.69) is 4.98 Å². The molecule has 22 heavy (non-hydrogen) atoms. The van der Waals surface area contributed by atoms with E-state index in [4.69, 9.17) is 5.11 Å². The molecule has 1 aliphatic heterocycles. The summed E-state index contributed by atoms with van der Waals surface area (Å²) < 4.78 is 54.5. The molecule has 0 saturated carbocycles. The van der Waals surface area contributed by atoms with Crippen molar-refractivity contribution in [3.05, 3.63) is 12.0 Å². The number of hydrogen-bond donors (Lipinski definition) is 1. The van der Waals surface area contributed by atoms with E-state index < -0.39 is 47.3 Å². The maximum Gasteiger partial charge on any atom is 0.313 e. The van der Waals surface area contributed by atoms with Crippen LogP contribution in [-0.2, 0) is 21.4 Å². The molecule has 1 aliphatic rings. The van der Waals surface area contributed by atoms with E-state index in [1.165, 1.54) is 6.20 Å². The minimum absolute atomic E-state index is 0.249. The van der Waals surface area contributed by atoms with E-state index >= 15 is 0 Å². The number of hydrogen-bond acceptors (Lipinski definition) is 4. The molecule has 1 aromatic heterocycles. The van der Waals surface area contributed by atoms with Gasteiger partial charge >= 0.3 is 5.97 Å². The third-order valence-electron chi connectivity index (χ3n) is 3.79. The summed E-state index contributed by atoms with van der Waals surface area (Å²) in [6, 6.07) is 0. The molecular weight excluding hydrogens is 320 g/mol. The Morgan fingerprint density at radius 3 is 2.68 bits per heavy atom. The first-order chi connectivity index (χ1) is 10.1. The number of aliphatic carboxylic acids is 1. The zero-order chi connectivity index (χ0) is 16.7. The van der Waals surface area contributed by atoms with Crippen molar-refractivity contribution in [3.63, 3.8) is 0 Å². The highest BCUT2D eigenvalue weighted by Crippen LogP contribution is 2.35. The largest absolute Gasteiger partial charge is 0.481 e. The van der Waals surface area contributed by atoms with Gasteiger partial charge in [-0.3, -0.25) is 4.79 Å². The summed E-state index contributed by atoms with van der Waals surface area (Å²) in [4.78, 5) is 14.9. The van der Waals surface area contributed by atoms with Crippen molar-refractivity contribution in [2.45, 2.75) is 37.8 Å². The highest BCUT2D eigenvalue weighted by atomic mass is 32.2. The van der Waals surface area contributed by atoms with Crippen LogP contribution < -0.4 is 0 Å². The number of rotatable bonds is 4. The number of halogens is 2. The van der Waals surface area contributed by atoms with Gasteiger partial charge in [0.15, 0.2) is 5.03 Å². The first-order valence-electron chi connectivity index (χ1n) is 6.74. The van der Waals surface area contributed by atoms with Gasteiger partial charge in [-0.15, -0.1) is 0 Å². The predicted molar refractivity (Wildman–Crippen MR) is 72.1 cm³/mol. The summed E-state index contributed by atoms with van der Waals surface area (Å²) in [5.41, 5.74) is 0. The van der Waals surface area contributed by atoms with Crippen molar-refractivity contribution >= 4 is 16.0 Å². The molecule has 10 heteroatoms.